The normalized spacial score (nSPS) is 11.6. The quantitative estimate of drug-likeness (QED) is 0.339. The minimum absolute atomic E-state index is 0.00484. The molecule has 0 aliphatic rings. The fraction of sp³-hybridized carbons (Fsp3) is 0.160. The number of carbonyl (C=O) groups excluding carboxylic acids is 2. The summed E-state index contributed by atoms with van der Waals surface area (Å²) in [6, 6.07) is 8.47. The van der Waals surface area contributed by atoms with Crippen molar-refractivity contribution in [2.24, 2.45) is 0 Å². The average molecular weight is 470 g/mol. The number of hydrogen-bond donors (Lipinski definition) is 1. The second-order valence-electron chi connectivity index (χ2n) is 8.34. The molecule has 0 saturated carbocycles. The van der Waals surface area contributed by atoms with Gasteiger partial charge in [0.25, 0.3) is 5.56 Å². The van der Waals surface area contributed by atoms with Gasteiger partial charge in [-0.2, -0.15) is 0 Å². The van der Waals surface area contributed by atoms with Gasteiger partial charge in [0.1, 0.15) is 22.9 Å². The number of benzene rings is 2. The molecule has 0 amide bonds. The smallest absolute Gasteiger partial charge is 0.331 e. The molecule has 0 atom stereocenters. The Labute approximate surface area is 193 Å². The number of anilines is 1. The molecule has 34 heavy (non-hydrogen) atoms. The summed E-state index contributed by atoms with van der Waals surface area (Å²) in [5.74, 6) is -4.71. The Morgan fingerprint density at radius 3 is 2.12 bits per heavy atom. The molecule has 9 heteroatoms. The molecule has 176 valence electrons. The first kappa shape index (κ1) is 24.5. The fourth-order valence-corrected chi connectivity index (χ4v) is 3.13. The van der Waals surface area contributed by atoms with Gasteiger partial charge in [0, 0.05) is 17.7 Å². The number of nitrogens with zero attached hydrogens (tertiary/aromatic N) is 1. The van der Waals surface area contributed by atoms with Crippen molar-refractivity contribution in [1.82, 2.24) is 4.57 Å². The van der Waals surface area contributed by atoms with Crippen molar-refractivity contribution in [3.05, 3.63) is 99.1 Å². The van der Waals surface area contributed by atoms with Crippen LogP contribution in [0.2, 0.25) is 0 Å². The molecule has 6 nitrogen and oxygen atoms in total. The number of rotatable bonds is 5. The van der Waals surface area contributed by atoms with Gasteiger partial charge >= 0.3 is 5.97 Å². The van der Waals surface area contributed by atoms with Crippen molar-refractivity contribution in [3.63, 3.8) is 0 Å². The van der Waals surface area contributed by atoms with Crippen molar-refractivity contribution in [3.8, 4) is 5.69 Å². The Morgan fingerprint density at radius 2 is 1.56 bits per heavy atom. The maximum atomic E-state index is 14.9. The Kier molecular flexibility index (Phi) is 6.76. The lowest BCUT2D eigenvalue weighted by Gasteiger charge is -2.18. The number of halogens is 3. The molecule has 0 fully saturated rings. The lowest BCUT2D eigenvalue weighted by atomic mass is 10.0. The third-order valence-corrected chi connectivity index (χ3v) is 4.56. The van der Waals surface area contributed by atoms with Gasteiger partial charge in [-0.05, 0) is 74.9 Å². The van der Waals surface area contributed by atoms with Crippen LogP contribution in [0.4, 0.5) is 19.0 Å². The molecular formula is C25H21F3N2O4. The molecular weight excluding hydrogens is 449 g/mol. The van der Waals surface area contributed by atoms with E-state index in [1.165, 1.54) is 12.1 Å². The van der Waals surface area contributed by atoms with E-state index in [4.69, 9.17) is 10.5 Å². The number of ketones is 1. The molecule has 2 aromatic carbocycles. The summed E-state index contributed by atoms with van der Waals surface area (Å²) >= 11 is 0. The van der Waals surface area contributed by atoms with Crippen molar-refractivity contribution in [2.45, 2.75) is 26.4 Å². The Bertz CT molecular complexity index is 1330. The summed E-state index contributed by atoms with van der Waals surface area (Å²) in [6.07, 6.45) is 2.17. The van der Waals surface area contributed by atoms with Crippen LogP contribution in [0.25, 0.3) is 11.8 Å². The lowest BCUT2D eigenvalue weighted by molar-refractivity contribution is -0.148. The summed E-state index contributed by atoms with van der Waals surface area (Å²) in [5, 5.41) is 0. The van der Waals surface area contributed by atoms with Gasteiger partial charge in [-0.25, -0.2) is 18.0 Å². The number of aromatic nitrogens is 1. The maximum absolute atomic E-state index is 14.9. The molecule has 3 aromatic rings. The van der Waals surface area contributed by atoms with E-state index in [2.05, 4.69) is 0 Å². The highest BCUT2D eigenvalue weighted by atomic mass is 19.1. The third kappa shape index (κ3) is 5.43. The van der Waals surface area contributed by atoms with Crippen LogP contribution in [-0.2, 0) is 9.53 Å². The minimum Gasteiger partial charge on any atom is -0.457 e. The van der Waals surface area contributed by atoms with Crippen LogP contribution in [0.1, 0.15) is 42.3 Å². The highest BCUT2D eigenvalue weighted by Gasteiger charge is 2.21. The van der Waals surface area contributed by atoms with Crippen LogP contribution < -0.4 is 11.3 Å². The predicted molar refractivity (Wildman–Crippen MR) is 121 cm³/mol. The summed E-state index contributed by atoms with van der Waals surface area (Å²) in [6.45, 7) is 5.01. The zero-order valence-electron chi connectivity index (χ0n) is 18.6. The van der Waals surface area contributed by atoms with Crippen LogP contribution in [0.3, 0.4) is 0 Å². The van der Waals surface area contributed by atoms with Crippen molar-refractivity contribution in [2.75, 3.05) is 5.73 Å². The van der Waals surface area contributed by atoms with E-state index in [-0.39, 0.29) is 16.7 Å². The maximum Gasteiger partial charge on any atom is 0.331 e. The highest BCUT2D eigenvalue weighted by Crippen LogP contribution is 2.24. The number of ether oxygens (including phenoxy) is 1. The summed E-state index contributed by atoms with van der Waals surface area (Å²) in [7, 11) is 0. The number of pyridine rings is 1. The summed E-state index contributed by atoms with van der Waals surface area (Å²) < 4.78 is 48.6. The van der Waals surface area contributed by atoms with E-state index < -0.39 is 51.9 Å². The van der Waals surface area contributed by atoms with Gasteiger partial charge in [0.05, 0.1) is 5.56 Å². The summed E-state index contributed by atoms with van der Waals surface area (Å²) in [5.41, 5.74) is 3.45. The highest BCUT2D eigenvalue weighted by molar-refractivity contribution is 6.11. The number of nitrogen functional groups attached to an aromatic ring is 1. The van der Waals surface area contributed by atoms with E-state index in [1.54, 1.807) is 20.8 Å². The lowest BCUT2D eigenvalue weighted by Crippen LogP contribution is -2.25. The zero-order chi connectivity index (χ0) is 25.2. The molecule has 0 saturated heterocycles. The molecule has 0 aliphatic heterocycles. The fourth-order valence-electron chi connectivity index (χ4n) is 3.13. The molecule has 0 radical (unpaired) electrons. The first-order chi connectivity index (χ1) is 15.9. The number of hydrogen-bond acceptors (Lipinski definition) is 5. The van der Waals surface area contributed by atoms with Gasteiger partial charge in [0.15, 0.2) is 17.4 Å². The van der Waals surface area contributed by atoms with E-state index in [0.717, 1.165) is 48.6 Å². The number of esters is 1. The first-order valence-electron chi connectivity index (χ1n) is 10.1. The summed E-state index contributed by atoms with van der Waals surface area (Å²) in [4.78, 5) is 37.0. The monoisotopic (exact) mass is 470 g/mol. The van der Waals surface area contributed by atoms with E-state index >= 15 is 0 Å². The SMILES string of the molecule is CC(C)(C)OC(=O)C=Cc1cc(F)c(-n2c(N)c(C(=O)c3ccc(F)cc3)ccc2=O)c(F)c1. The van der Waals surface area contributed by atoms with E-state index in [1.807, 2.05) is 0 Å². The number of carbonyl (C=O) groups is 2. The van der Waals surface area contributed by atoms with E-state index in [0.29, 0.717) is 4.57 Å². The molecule has 1 heterocycles. The molecule has 2 N–H and O–H groups in total. The van der Waals surface area contributed by atoms with Crippen molar-refractivity contribution in [1.29, 1.82) is 0 Å². The Hall–Kier alpha value is -4.14. The Morgan fingerprint density at radius 1 is 0.971 bits per heavy atom. The van der Waals surface area contributed by atoms with Gasteiger partial charge in [-0.3, -0.25) is 14.2 Å². The zero-order valence-corrected chi connectivity index (χ0v) is 18.6. The first-order valence-corrected chi connectivity index (χ1v) is 10.1. The van der Waals surface area contributed by atoms with Gasteiger partial charge in [-0.1, -0.05) is 0 Å². The van der Waals surface area contributed by atoms with Crippen LogP contribution in [-0.4, -0.2) is 21.9 Å². The second-order valence-corrected chi connectivity index (χ2v) is 8.34. The minimum atomic E-state index is -1.15. The molecule has 3 rings (SSSR count). The Balaban J connectivity index is 2.02. The van der Waals surface area contributed by atoms with E-state index in [9.17, 15) is 27.6 Å². The molecule has 0 aliphatic carbocycles. The van der Waals surface area contributed by atoms with Crippen LogP contribution in [0, 0.1) is 17.5 Å². The second kappa shape index (κ2) is 9.38. The average Bonchev–Trinajstić information content (AvgIpc) is 2.73. The van der Waals surface area contributed by atoms with Gasteiger partial charge in [0.2, 0.25) is 0 Å². The third-order valence-electron chi connectivity index (χ3n) is 4.56. The predicted octanol–water partition coefficient (Wildman–Crippen LogP) is 4.42. The molecule has 0 bridgehead atoms. The van der Waals surface area contributed by atoms with Crippen molar-refractivity contribution >= 4 is 23.6 Å². The standard InChI is InChI=1S/C25H21F3N2O4/c1-25(2,3)34-21(32)11-4-14-12-18(27)22(19(28)13-14)30-20(31)10-9-17(24(30)29)23(33)15-5-7-16(26)8-6-15/h4-13H,29H2,1-3H3. The molecule has 1 aromatic heterocycles. The van der Waals surface area contributed by atoms with Crippen molar-refractivity contribution < 1.29 is 27.5 Å². The molecule has 0 unspecified atom stereocenters. The molecule has 0 spiro atoms. The van der Waals surface area contributed by atoms with Gasteiger partial charge < -0.3 is 10.5 Å². The topological polar surface area (TPSA) is 91.4 Å². The number of nitrogens with two attached hydrogens (primary N) is 1. The van der Waals surface area contributed by atoms with Crippen LogP contribution in [0.15, 0.2) is 59.4 Å². The van der Waals surface area contributed by atoms with Gasteiger partial charge in [-0.15, -0.1) is 0 Å². The largest absolute Gasteiger partial charge is 0.457 e. The van der Waals surface area contributed by atoms with Crippen LogP contribution >= 0.6 is 0 Å². The van der Waals surface area contributed by atoms with Crippen LogP contribution in [0.5, 0.6) is 0 Å².